The van der Waals surface area contributed by atoms with Crippen LogP contribution in [0.5, 0.6) is 0 Å². The molecule has 0 aromatic heterocycles. The number of rotatable bonds is 8. The van der Waals surface area contributed by atoms with Crippen LogP contribution in [0.2, 0.25) is 0 Å². The average Bonchev–Trinajstić information content (AvgIpc) is 3.04. The summed E-state index contributed by atoms with van der Waals surface area (Å²) in [6.45, 7) is 0. The maximum absolute atomic E-state index is 12.2. The monoisotopic (exact) mass is 303 g/mol. The van der Waals surface area contributed by atoms with Gasteiger partial charge in [0.15, 0.2) is 0 Å². The fourth-order valence-corrected chi connectivity index (χ4v) is 3.23. The van der Waals surface area contributed by atoms with Crippen LogP contribution in [0.15, 0.2) is 30.3 Å². The van der Waals surface area contributed by atoms with Gasteiger partial charge in [-0.3, -0.25) is 9.59 Å². The van der Waals surface area contributed by atoms with Crippen LogP contribution in [-0.4, -0.2) is 17.0 Å². The summed E-state index contributed by atoms with van der Waals surface area (Å²) in [5, 5.41) is 11.8. The first-order valence-electron chi connectivity index (χ1n) is 8.23. The van der Waals surface area contributed by atoms with E-state index in [0.717, 1.165) is 0 Å². The number of benzene rings is 1. The van der Waals surface area contributed by atoms with Gasteiger partial charge in [0.05, 0.1) is 6.04 Å². The van der Waals surface area contributed by atoms with Crippen molar-refractivity contribution in [2.45, 2.75) is 57.4 Å². The van der Waals surface area contributed by atoms with E-state index in [-0.39, 0.29) is 18.4 Å². The molecule has 2 rings (SSSR count). The van der Waals surface area contributed by atoms with Crippen LogP contribution in [0, 0.1) is 5.92 Å². The second kappa shape index (κ2) is 8.57. The summed E-state index contributed by atoms with van der Waals surface area (Å²) in [5.74, 6) is -0.245. The lowest BCUT2D eigenvalue weighted by atomic mass is 9.91. The fraction of sp³-hybridized carbons (Fsp3) is 0.556. The maximum atomic E-state index is 12.2. The molecular weight excluding hydrogens is 278 g/mol. The van der Waals surface area contributed by atoms with Crippen LogP contribution < -0.4 is 5.32 Å². The van der Waals surface area contributed by atoms with Gasteiger partial charge in [-0.05, 0) is 37.2 Å². The van der Waals surface area contributed by atoms with Crippen LogP contribution in [0.25, 0.3) is 0 Å². The molecule has 1 unspecified atom stereocenters. The molecule has 1 fully saturated rings. The third-order valence-electron chi connectivity index (χ3n) is 4.39. The van der Waals surface area contributed by atoms with E-state index >= 15 is 0 Å². The summed E-state index contributed by atoms with van der Waals surface area (Å²) in [4.78, 5) is 22.6. The highest BCUT2D eigenvalue weighted by Crippen LogP contribution is 2.35. The number of nitrogens with one attached hydrogen (secondary N) is 1. The van der Waals surface area contributed by atoms with Gasteiger partial charge in [-0.15, -0.1) is 0 Å². The zero-order valence-corrected chi connectivity index (χ0v) is 13.0. The van der Waals surface area contributed by atoms with Gasteiger partial charge in [-0.1, -0.05) is 43.2 Å². The standard InChI is InChI=1S/C18H25NO3/c20-16(12-6-7-13-17(21)22)19-18(15-10-4-5-11-15)14-8-2-1-3-9-14/h1-3,8-9,15,18H,4-7,10-13H2,(H,19,20)(H,21,22). The van der Waals surface area contributed by atoms with Crippen molar-refractivity contribution in [2.75, 3.05) is 0 Å². The molecule has 1 aromatic rings. The fourth-order valence-electron chi connectivity index (χ4n) is 3.23. The lowest BCUT2D eigenvalue weighted by Gasteiger charge is -2.25. The number of amides is 1. The molecule has 2 N–H and O–H groups in total. The first-order valence-corrected chi connectivity index (χ1v) is 8.23. The van der Waals surface area contributed by atoms with Gasteiger partial charge in [0.2, 0.25) is 5.91 Å². The van der Waals surface area contributed by atoms with Crippen molar-refractivity contribution >= 4 is 11.9 Å². The molecule has 22 heavy (non-hydrogen) atoms. The Morgan fingerprint density at radius 2 is 1.73 bits per heavy atom. The van der Waals surface area contributed by atoms with Crippen molar-refractivity contribution in [2.24, 2.45) is 5.92 Å². The number of carbonyl (C=O) groups excluding carboxylic acids is 1. The molecule has 1 aliphatic carbocycles. The van der Waals surface area contributed by atoms with Gasteiger partial charge in [0, 0.05) is 12.8 Å². The van der Waals surface area contributed by atoms with E-state index in [2.05, 4.69) is 17.4 Å². The number of hydrogen-bond donors (Lipinski definition) is 2. The number of carboxylic acids is 1. The van der Waals surface area contributed by atoms with E-state index in [1.165, 1.54) is 31.2 Å². The molecule has 0 radical (unpaired) electrons. The Bertz CT molecular complexity index is 480. The molecule has 1 amide bonds. The third kappa shape index (κ3) is 5.17. The van der Waals surface area contributed by atoms with E-state index in [4.69, 9.17) is 5.11 Å². The quantitative estimate of drug-likeness (QED) is 0.720. The van der Waals surface area contributed by atoms with Crippen molar-refractivity contribution in [1.29, 1.82) is 0 Å². The SMILES string of the molecule is O=C(O)CCCCC(=O)NC(c1ccccc1)C1CCCC1. The van der Waals surface area contributed by atoms with Crippen molar-refractivity contribution in [3.05, 3.63) is 35.9 Å². The molecule has 0 aliphatic heterocycles. The summed E-state index contributed by atoms with van der Waals surface area (Å²) >= 11 is 0. The van der Waals surface area contributed by atoms with Crippen LogP contribution in [0.4, 0.5) is 0 Å². The first-order chi connectivity index (χ1) is 10.7. The Labute approximate surface area is 131 Å². The summed E-state index contributed by atoms with van der Waals surface area (Å²) in [6.07, 6.45) is 6.54. The number of unbranched alkanes of at least 4 members (excludes halogenated alkanes) is 1. The predicted molar refractivity (Wildman–Crippen MR) is 85.4 cm³/mol. The Hall–Kier alpha value is -1.84. The molecule has 0 heterocycles. The van der Waals surface area contributed by atoms with Gasteiger partial charge in [-0.2, -0.15) is 0 Å². The molecule has 1 aromatic carbocycles. The number of hydrogen-bond acceptors (Lipinski definition) is 2. The largest absolute Gasteiger partial charge is 0.481 e. The average molecular weight is 303 g/mol. The lowest BCUT2D eigenvalue weighted by molar-refractivity contribution is -0.137. The highest BCUT2D eigenvalue weighted by molar-refractivity contribution is 5.76. The number of carboxylic acid groups (broad SMARTS) is 1. The Balaban J connectivity index is 1.89. The molecule has 0 spiro atoms. The number of carbonyl (C=O) groups is 2. The molecule has 1 atom stereocenters. The zero-order valence-electron chi connectivity index (χ0n) is 13.0. The van der Waals surface area contributed by atoms with E-state index in [1.807, 2.05) is 18.2 Å². The van der Waals surface area contributed by atoms with Crippen molar-refractivity contribution in [3.63, 3.8) is 0 Å². The van der Waals surface area contributed by atoms with Gasteiger partial charge < -0.3 is 10.4 Å². The Morgan fingerprint density at radius 3 is 2.36 bits per heavy atom. The minimum atomic E-state index is -0.798. The zero-order chi connectivity index (χ0) is 15.8. The highest BCUT2D eigenvalue weighted by Gasteiger charge is 2.27. The van der Waals surface area contributed by atoms with Crippen LogP contribution in [0.3, 0.4) is 0 Å². The summed E-state index contributed by atoms with van der Waals surface area (Å²) < 4.78 is 0. The first kappa shape index (κ1) is 16.5. The molecule has 120 valence electrons. The van der Waals surface area contributed by atoms with Gasteiger partial charge in [0.1, 0.15) is 0 Å². The maximum Gasteiger partial charge on any atom is 0.303 e. The third-order valence-corrected chi connectivity index (χ3v) is 4.39. The lowest BCUT2D eigenvalue weighted by Crippen LogP contribution is -2.32. The molecule has 4 heteroatoms. The molecule has 1 aliphatic rings. The van der Waals surface area contributed by atoms with Gasteiger partial charge in [0.25, 0.3) is 0 Å². The Kier molecular flexibility index (Phi) is 6.44. The van der Waals surface area contributed by atoms with Crippen LogP contribution >= 0.6 is 0 Å². The van der Waals surface area contributed by atoms with E-state index in [9.17, 15) is 9.59 Å². The van der Waals surface area contributed by atoms with E-state index < -0.39 is 5.97 Å². The Morgan fingerprint density at radius 1 is 1.09 bits per heavy atom. The smallest absolute Gasteiger partial charge is 0.303 e. The number of aliphatic carboxylic acids is 1. The topological polar surface area (TPSA) is 66.4 Å². The second-order valence-electron chi connectivity index (χ2n) is 6.10. The predicted octanol–water partition coefficient (Wildman–Crippen LogP) is 3.68. The molecule has 4 nitrogen and oxygen atoms in total. The highest BCUT2D eigenvalue weighted by atomic mass is 16.4. The molecule has 0 bridgehead atoms. The van der Waals surface area contributed by atoms with Gasteiger partial charge >= 0.3 is 5.97 Å². The molecule has 0 saturated heterocycles. The van der Waals surface area contributed by atoms with Crippen LogP contribution in [-0.2, 0) is 9.59 Å². The van der Waals surface area contributed by atoms with Crippen molar-refractivity contribution in [1.82, 2.24) is 5.32 Å². The van der Waals surface area contributed by atoms with Gasteiger partial charge in [-0.25, -0.2) is 0 Å². The molecular formula is C18H25NO3. The van der Waals surface area contributed by atoms with E-state index in [0.29, 0.717) is 25.2 Å². The molecule has 1 saturated carbocycles. The normalized spacial score (nSPS) is 16.4. The second-order valence-corrected chi connectivity index (χ2v) is 6.10. The minimum Gasteiger partial charge on any atom is -0.481 e. The summed E-state index contributed by atoms with van der Waals surface area (Å²) in [6, 6.07) is 10.3. The van der Waals surface area contributed by atoms with Crippen LogP contribution in [0.1, 0.15) is 63.0 Å². The van der Waals surface area contributed by atoms with Crippen molar-refractivity contribution in [3.8, 4) is 0 Å². The summed E-state index contributed by atoms with van der Waals surface area (Å²) in [7, 11) is 0. The minimum absolute atomic E-state index is 0.0335. The van der Waals surface area contributed by atoms with E-state index in [1.54, 1.807) is 0 Å². The van der Waals surface area contributed by atoms with Crippen molar-refractivity contribution < 1.29 is 14.7 Å². The summed E-state index contributed by atoms with van der Waals surface area (Å²) in [5.41, 5.74) is 1.17.